The molecule has 0 radical (unpaired) electrons. The van der Waals surface area contributed by atoms with Crippen LogP contribution in [0.2, 0.25) is 0 Å². The number of hydrogen-bond acceptors (Lipinski definition) is 2. The maximum absolute atomic E-state index is 10.8. The highest BCUT2D eigenvalue weighted by Crippen LogP contribution is 2.37. The second-order valence-corrected chi connectivity index (χ2v) is 7.69. The third-order valence-electron chi connectivity index (χ3n) is 5.54. The number of para-hydroxylation sites is 1. The lowest BCUT2D eigenvalue weighted by atomic mass is 9.92. The van der Waals surface area contributed by atoms with E-state index in [2.05, 4.69) is 84.6 Å². The van der Waals surface area contributed by atoms with Gasteiger partial charge in [-0.3, -0.25) is 4.90 Å². The topological polar surface area (TPSA) is 23.5 Å². The largest absolute Gasteiger partial charge is 0.508 e. The second kappa shape index (κ2) is 9.43. The normalized spacial score (nSPS) is 12.1. The SMILES string of the molecule is Cc1ccccc1C(c1ccccc1O)N(Cc1ccccc1)Cc1ccccc1. The molecule has 4 aromatic carbocycles. The van der Waals surface area contributed by atoms with Crippen molar-refractivity contribution in [2.45, 2.75) is 26.1 Å². The Labute approximate surface area is 179 Å². The van der Waals surface area contributed by atoms with Crippen LogP contribution < -0.4 is 0 Å². The fourth-order valence-electron chi connectivity index (χ4n) is 4.05. The Hall–Kier alpha value is -3.36. The van der Waals surface area contributed by atoms with Crippen molar-refractivity contribution in [1.82, 2.24) is 4.90 Å². The molecule has 0 bridgehead atoms. The van der Waals surface area contributed by atoms with E-state index in [0.29, 0.717) is 5.75 Å². The summed E-state index contributed by atoms with van der Waals surface area (Å²) >= 11 is 0. The van der Waals surface area contributed by atoms with E-state index in [-0.39, 0.29) is 6.04 Å². The number of nitrogens with zero attached hydrogens (tertiary/aromatic N) is 1. The maximum Gasteiger partial charge on any atom is 0.120 e. The van der Waals surface area contributed by atoms with Gasteiger partial charge in [-0.25, -0.2) is 0 Å². The Morgan fingerprint density at radius 2 is 1.07 bits per heavy atom. The van der Waals surface area contributed by atoms with Crippen LogP contribution in [0.3, 0.4) is 0 Å². The minimum atomic E-state index is -0.0622. The van der Waals surface area contributed by atoms with Crippen molar-refractivity contribution < 1.29 is 5.11 Å². The van der Waals surface area contributed by atoms with Crippen molar-refractivity contribution in [2.24, 2.45) is 0 Å². The minimum absolute atomic E-state index is 0.0622. The molecule has 150 valence electrons. The highest BCUT2D eigenvalue weighted by atomic mass is 16.3. The molecule has 4 aromatic rings. The molecular weight excluding hydrogens is 366 g/mol. The molecule has 0 spiro atoms. The summed E-state index contributed by atoms with van der Waals surface area (Å²) in [6, 6.07) is 37.2. The van der Waals surface area contributed by atoms with Gasteiger partial charge in [-0.1, -0.05) is 103 Å². The zero-order valence-electron chi connectivity index (χ0n) is 17.3. The summed E-state index contributed by atoms with van der Waals surface area (Å²) in [4.78, 5) is 2.45. The van der Waals surface area contributed by atoms with Gasteiger partial charge in [0.2, 0.25) is 0 Å². The molecule has 1 atom stereocenters. The van der Waals surface area contributed by atoms with Crippen LogP contribution in [0, 0.1) is 6.92 Å². The lowest BCUT2D eigenvalue weighted by Crippen LogP contribution is -2.29. The Morgan fingerprint density at radius 1 is 0.600 bits per heavy atom. The first kappa shape index (κ1) is 19.9. The second-order valence-electron chi connectivity index (χ2n) is 7.69. The summed E-state index contributed by atoms with van der Waals surface area (Å²) in [6.45, 7) is 3.71. The summed E-state index contributed by atoms with van der Waals surface area (Å²) < 4.78 is 0. The highest BCUT2D eigenvalue weighted by Gasteiger charge is 2.26. The van der Waals surface area contributed by atoms with Crippen LogP contribution in [-0.2, 0) is 13.1 Å². The molecule has 0 aliphatic rings. The lowest BCUT2D eigenvalue weighted by Gasteiger charge is -2.34. The third-order valence-corrected chi connectivity index (χ3v) is 5.54. The average Bonchev–Trinajstić information content (AvgIpc) is 2.78. The number of aryl methyl sites for hydroxylation is 1. The predicted molar refractivity (Wildman–Crippen MR) is 123 cm³/mol. The average molecular weight is 394 g/mol. The molecule has 1 N–H and O–H groups in total. The first-order chi connectivity index (χ1) is 14.7. The van der Waals surface area contributed by atoms with Gasteiger partial charge >= 0.3 is 0 Å². The molecule has 4 rings (SSSR count). The summed E-state index contributed by atoms with van der Waals surface area (Å²) in [5.41, 5.74) is 5.87. The maximum atomic E-state index is 10.8. The number of rotatable bonds is 7. The van der Waals surface area contributed by atoms with Gasteiger partial charge < -0.3 is 5.11 Å². The van der Waals surface area contributed by atoms with Crippen molar-refractivity contribution in [2.75, 3.05) is 0 Å². The van der Waals surface area contributed by atoms with E-state index in [4.69, 9.17) is 0 Å². The number of hydrogen-bond donors (Lipinski definition) is 1. The number of benzene rings is 4. The summed E-state index contributed by atoms with van der Waals surface area (Å²) in [5, 5.41) is 10.8. The third kappa shape index (κ3) is 4.61. The van der Waals surface area contributed by atoms with E-state index >= 15 is 0 Å². The highest BCUT2D eigenvalue weighted by molar-refractivity contribution is 5.43. The molecule has 0 heterocycles. The predicted octanol–water partition coefficient (Wildman–Crippen LogP) is 6.49. The zero-order valence-corrected chi connectivity index (χ0v) is 17.3. The Balaban J connectivity index is 1.83. The van der Waals surface area contributed by atoms with Crippen molar-refractivity contribution in [1.29, 1.82) is 0 Å². The fourth-order valence-corrected chi connectivity index (χ4v) is 4.05. The van der Waals surface area contributed by atoms with Gasteiger partial charge in [0.1, 0.15) is 5.75 Å². The van der Waals surface area contributed by atoms with Crippen LogP contribution in [0.25, 0.3) is 0 Å². The fraction of sp³-hybridized carbons (Fsp3) is 0.143. The molecule has 1 unspecified atom stereocenters. The van der Waals surface area contributed by atoms with Crippen LogP contribution in [0.4, 0.5) is 0 Å². The summed E-state index contributed by atoms with van der Waals surface area (Å²) in [6.07, 6.45) is 0. The quantitative estimate of drug-likeness (QED) is 0.388. The molecule has 0 aliphatic carbocycles. The molecule has 0 aromatic heterocycles. The first-order valence-electron chi connectivity index (χ1n) is 10.4. The van der Waals surface area contributed by atoms with Crippen molar-refractivity contribution >= 4 is 0 Å². The number of phenolic OH excluding ortho intramolecular Hbond substituents is 1. The van der Waals surface area contributed by atoms with Crippen LogP contribution in [-0.4, -0.2) is 10.0 Å². The van der Waals surface area contributed by atoms with Crippen molar-refractivity contribution in [3.05, 3.63) is 137 Å². The van der Waals surface area contributed by atoms with Gasteiger partial charge in [0.05, 0.1) is 6.04 Å². The Bertz CT molecular complexity index is 989. The number of aromatic hydroxyl groups is 1. The van der Waals surface area contributed by atoms with Gasteiger partial charge in [-0.2, -0.15) is 0 Å². The van der Waals surface area contributed by atoms with Crippen LogP contribution in [0.5, 0.6) is 5.75 Å². The number of phenols is 1. The molecule has 30 heavy (non-hydrogen) atoms. The summed E-state index contributed by atoms with van der Waals surface area (Å²) in [5.74, 6) is 0.330. The molecule has 0 amide bonds. The van der Waals surface area contributed by atoms with Crippen LogP contribution in [0.15, 0.2) is 109 Å². The van der Waals surface area contributed by atoms with E-state index in [9.17, 15) is 5.11 Å². The summed E-state index contributed by atoms with van der Waals surface area (Å²) in [7, 11) is 0. The van der Waals surface area contributed by atoms with Gasteiger partial charge in [0.25, 0.3) is 0 Å². The minimum Gasteiger partial charge on any atom is -0.508 e. The molecule has 0 saturated heterocycles. The molecule has 2 heteroatoms. The standard InChI is InChI=1S/C28H27NO/c1-22-12-8-9-17-25(22)28(26-18-10-11-19-27(26)30)29(20-23-13-4-2-5-14-23)21-24-15-6-3-7-16-24/h2-19,28,30H,20-21H2,1H3. The van der Waals surface area contributed by atoms with Gasteiger partial charge in [-0.05, 0) is 35.2 Å². The van der Waals surface area contributed by atoms with E-state index in [1.807, 2.05) is 30.3 Å². The lowest BCUT2D eigenvalue weighted by molar-refractivity contribution is 0.203. The van der Waals surface area contributed by atoms with E-state index in [1.54, 1.807) is 6.07 Å². The van der Waals surface area contributed by atoms with Crippen LogP contribution in [0.1, 0.15) is 33.9 Å². The van der Waals surface area contributed by atoms with E-state index < -0.39 is 0 Å². The molecule has 0 fully saturated rings. The molecular formula is C28H27NO. The molecule has 0 saturated carbocycles. The van der Waals surface area contributed by atoms with Crippen molar-refractivity contribution in [3.63, 3.8) is 0 Å². The molecule has 0 aliphatic heterocycles. The Morgan fingerprint density at radius 3 is 1.60 bits per heavy atom. The Kier molecular flexibility index (Phi) is 6.26. The van der Waals surface area contributed by atoms with Crippen LogP contribution >= 0.6 is 0 Å². The monoisotopic (exact) mass is 393 g/mol. The van der Waals surface area contributed by atoms with Gasteiger partial charge in [0, 0.05) is 18.7 Å². The van der Waals surface area contributed by atoms with E-state index in [0.717, 1.165) is 18.7 Å². The smallest absolute Gasteiger partial charge is 0.120 e. The molecule has 2 nitrogen and oxygen atoms in total. The van der Waals surface area contributed by atoms with Gasteiger partial charge in [0.15, 0.2) is 0 Å². The zero-order chi connectivity index (χ0) is 20.8. The first-order valence-corrected chi connectivity index (χ1v) is 10.4. The van der Waals surface area contributed by atoms with Gasteiger partial charge in [-0.15, -0.1) is 0 Å². The van der Waals surface area contributed by atoms with E-state index in [1.165, 1.54) is 22.3 Å². The van der Waals surface area contributed by atoms with Crippen molar-refractivity contribution in [3.8, 4) is 5.75 Å².